The fourth-order valence-corrected chi connectivity index (χ4v) is 4.02. The summed E-state index contributed by atoms with van der Waals surface area (Å²) in [5.41, 5.74) is 1.24. The predicted molar refractivity (Wildman–Crippen MR) is 117 cm³/mol. The summed E-state index contributed by atoms with van der Waals surface area (Å²) in [6, 6.07) is 12.2. The van der Waals surface area contributed by atoms with Crippen molar-refractivity contribution in [1.29, 1.82) is 0 Å². The highest BCUT2D eigenvalue weighted by Gasteiger charge is 2.15. The number of hydrogen-bond donors (Lipinski definition) is 2. The molecule has 0 amide bonds. The minimum absolute atomic E-state index is 0.296. The molecule has 0 spiro atoms. The summed E-state index contributed by atoms with van der Waals surface area (Å²) < 4.78 is 6.96. The first kappa shape index (κ1) is 20.1. The Morgan fingerprint density at radius 1 is 1.27 bits per heavy atom. The zero-order chi connectivity index (χ0) is 21.3. The van der Waals surface area contributed by atoms with E-state index in [9.17, 15) is 9.59 Å². The second-order valence-electron chi connectivity index (χ2n) is 6.18. The van der Waals surface area contributed by atoms with Gasteiger partial charge in [0.15, 0.2) is 5.82 Å². The number of rotatable bonds is 5. The molecule has 0 aliphatic heterocycles. The second kappa shape index (κ2) is 8.28. The van der Waals surface area contributed by atoms with Gasteiger partial charge in [-0.15, -0.1) is 10.2 Å². The lowest BCUT2D eigenvalue weighted by Crippen LogP contribution is -2.14. The van der Waals surface area contributed by atoms with Crippen LogP contribution in [0.2, 0.25) is 0 Å². The molecule has 4 rings (SSSR count). The smallest absolute Gasteiger partial charge is 0.337 e. The molecule has 0 saturated heterocycles. The fourth-order valence-electron chi connectivity index (χ4n) is 2.84. The van der Waals surface area contributed by atoms with Crippen molar-refractivity contribution in [3.05, 3.63) is 68.7 Å². The summed E-state index contributed by atoms with van der Waals surface area (Å²) in [6.45, 7) is 0. The molecule has 0 radical (unpaired) electrons. The molecule has 0 atom stereocenters. The number of nitrogens with one attached hydrogen (secondary N) is 1. The number of fused-ring (bicyclic) bond motifs is 1. The number of methoxy groups -OCH3 is 1. The van der Waals surface area contributed by atoms with Crippen molar-refractivity contribution in [2.45, 2.75) is 10.9 Å². The summed E-state index contributed by atoms with van der Waals surface area (Å²) in [6.07, 6.45) is 0. The first-order valence-electron chi connectivity index (χ1n) is 8.67. The molecule has 0 unspecified atom stereocenters. The van der Waals surface area contributed by atoms with Crippen LogP contribution in [-0.4, -0.2) is 37.9 Å². The van der Waals surface area contributed by atoms with Crippen molar-refractivity contribution in [1.82, 2.24) is 24.8 Å². The lowest BCUT2D eigenvalue weighted by Gasteiger charge is -2.06. The van der Waals surface area contributed by atoms with Crippen LogP contribution >= 0.6 is 27.7 Å². The predicted octanol–water partition coefficient (Wildman–Crippen LogP) is 2.74. The first-order valence-corrected chi connectivity index (χ1v) is 10.4. The number of halogens is 1. The van der Waals surface area contributed by atoms with Crippen molar-refractivity contribution in [3.63, 3.8) is 0 Å². The highest BCUT2D eigenvalue weighted by Crippen LogP contribution is 2.28. The number of ether oxygens (including phenoxy) is 1. The maximum atomic E-state index is 12.4. The number of carbonyl (C=O) groups is 1. The summed E-state index contributed by atoms with van der Waals surface area (Å²) in [5.74, 6) is 6.90. The molecule has 4 aromatic rings. The molecule has 2 aromatic heterocycles. The number of aromatic amines is 1. The van der Waals surface area contributed by atoms with E-state index in [1.54, 1.807) is 6.07 Å². The topological polar surface area (TPSA) is 129 Å². The molecule has 0 fully saturated rings. The van der Waals surface area contributed by atoms with Crippen LogP contribution in [-0.2, 0) is 10.5 Å². The van der Waals surface area contributed by atoms with Crippen LogP contribution < -0.4 is 11.4 Å². The molecule has 0 saturated carbocycles. The molecule has 11 heteroatoms. The third kappa shape index (κ3) is 3.81. The Labute approximate surface area is 182 Å². The average Bonchev–Trinajstić information content (AvgIpc) is 3.11. The van der Waals surface area contributed by atoms with Gasteiger partial charge in [0.2, 0.25) is 5.16 Å². The van der Waals surface area contributed by atoms with Crippen LogP contribution in [0.3, 0.4) is 0 Å². The van der Waals surface area contributed by atoms with Gasteiger partial charge in [-0.2, -0.15) is 0 Å². The third-order valence-electron chi connectivity index (χ3n) is 4.29. The van der Waals surface area contributed by atoms with Gasteiger partial charge in [0, 0.05) is 10.0 Å². The van der Waals surface area contributed by atoms with E-state index < -0.39 is 5.97 Å². The number of benzene rings is 2. The Hall–Kier alpha value is -3.18. The zero-order valence-electron chi connectivity index (χ0n) is 15.6. The minimum atomic E-state index is -0.495. The largest absolute Gasteiger partial charge is 0.465 e. The van der Waals surface area contributed by atoms with Crippen LogP contribution in [0.25, 0.3) is 22.3 Å². The highest BCUT2D eigenvalue weighted by molar-refractivity contribution is 9.10. The van der Waals surface area contributed by atoms with E-state index in [2.05, 4.69) is 36.1 Å². The summed E-state index contributed by atoms with van der Waals surface area (Å²) in [4.78, 5) is 31.3. The van der Waals surface area contributed by atoms with Gasteiger partial charge in [0.05, 0.1) is 29.3 Å². The van der Waals surface area contributed by atoms with Gasteiger partial charge >= 0.3 is 5.97 Å². The quantitative estimate of drug-likeness (QED) is 0.250. The van der Waals surface area contributed by atoms with E-state index in [1.165, 1.54) is 35.7 Å². The zero-order valence-corrected chi connectivity index (χ0v) is 18.0. The van der Waals surface area contributed by atoms with Crippen LogP contribution in [0.5, 0.6) is 0 Å². The molecule has 30 heavy (non-hydrogen) atoms. The summed E-state index contributed by atoms with van der Waals surface area (Å²) >= 11 is 4.76. The van der Waals surface area contributed by atoms with Gasteiger partial charge in [-0.1, -0.05) is 39.8 Å². The van der Waals surface area contributed by atoms with Crippen molar-refractivity contribution in [2.24, 2.45) is 0 Å². The molecule has 152 valence electrons. The van der Waals surface area contributed by atoms with Gasteiger partial charge in [-0.05, 0) is 30.3 Å². The number of H-pyrrole nitrogens is 1. The molecular formula is C19H15BrN6O3S. The first-order chi connectivity index (χ1) is 14.5. The monoisotopic (exact) mass is 486 g/mol. The Morgan fingerprint density at radius 3 is 2.83 bits per heavy atom. The van der Waals surface area contributed by atoms with Crippen molar-refractivity contribution < 1.29 is 9.53 Å². The SMILES string of the molecule is COC(=O)c1ccc2c(=O)[nH]c(CSc3nnc(-c4ccccc4Br)n3N)nc2c1. The minimum Gasteiger partial charge on any atom is -0.465 e. The van der Waals surface area contributed by atoms with Crippen LogP contribution in [0, 0.1) is 0 Å². The van der Waals surface area contributed by atoms with Gasteiger partial charge in [-0.3, -0.25) is 4.79 Å². The fraction of sp³-hybridized carbons (Fsp3) is 0.105. The van der Waals surface area contributed by atoms with E-state index in [0.717, 1.165) is 10.0 Å². The number of esters is 1. The van der Waals surface area contributed by atoms with Crippen molar-refractivity contribution >= 4 is 44.6 Å². The van der Waals surface area contributed by atoms with Gasteiger partial charge in [0.1, 0.15) is 5.82 Å². The highest BCUT2D eigenvalue weighted by atomic mass is 79.9. The van der Waals surface area contributed by atoms with Crippen LogP contribution in [0.4, 0.5) is 0 Å². The molecule has 3 N–H and O–H groups in total. The number of nitrogens with zero attached hydrogens (tertiary/aromatic N) is 4. The maximum absolute atomic E-state index is 12.4. The van der Waals surface area contributed by atoms with E-state index in [-0.39, 0.29) is 5.56 Å². The van der Waals surface area contributed by atoms with Gasteiger partial charge < -0.3 is 15.6 Å². The standard InChI is InChI=1S/C19H15BrN6O3S/c1-29-18(28)10-6-7-12-14(8-10)22-15(23-17(12)27)9-30-19-25-24-16(26(19)21)11-4-2-3-5-13(11)20/h2-8H,9,21H2,1H3,(H,22,23,27). The Bertz CT molecular complexity index is 1320. The van der Waals surface area contributed by atoms with E-state index in [1.807, 2.05) is 24.3 Å². The molecule has 2 aromatic carbocycles. The van der Waals surface area contributed by atoms with Gasteiger partial charge in [0.25, 0.3) is 5.56 Å². The third-order valence-corrected chi connectivity index (χ3v) is 5.94. The molecular weight excluding hydrogens is 472 g/mol. The van der Waals surface area contributed by atoms with Crippen LogP contribution in [0.15, 0.2) is 56.9 Å². The molecule has 0 bridgehead atoms. The number of hydrogen-bond acceptors (Lipinski definition) is 8. The van der Waals surface area contributed by atoms with Crippen molar-refractivity contribution in [2.75, 3.05) is 13.0 Å². The number of carbonyl (C=O) groups excluding carboxylic acids is 1. The van der Waals surface area contributed by atoms with E-state index >= 15 is 0 Å². The summed E-state index contributed by atoms with van der Waals surface area (Å²) in [5, 5.41) is 9.14. The normalized spacial score (nSPS) is 11.0. The van der Waals surface area contributed by atoms with E-state index in [0.29, 0.717) is 39.0 Å². The lowest BCUT2D eigenvalue weighted by molar-refractivity contribution is 0.0601. The molecule has 2 heterocycles. The lowest BCUT2D eigenvalue weighted by atomic mass is 10.1. The summed E-state index contributed by atoms with van der Waals surface area (Å²) in [7, 11) is 1.30. The number of aromatic nitrogens is 5. The average molecular weight is 487 g/mol. The number of thioether (sulfide) groups is 1. The van der Waals surface area contributed by atoms with E-state index in [4.69, 9.17) is 10.6 Å². The number of nitrogens with two attached hydrogens (primary N) is 1. The number of nitrogen functional groups attached to an aromatic ring is 1. The maximum Gasteiger partial charge on any atom is 0.337 e. The molecule has 0 aliphatic carbocycles. The molecule has 9 nitrogen and oxygen atoms in total. The van der Waals surface area contributed by atoms with Gasteiger partial charge in [-0.25, -0.2) is 14.5 Å². The Kier molecular flexibility index (Phi) is 5.55. The van der Waals surface area contributed by atoms with Crippen LogP contribution in [0.1, 0.15) is 16.2 Å². The Balaban J connectivity index is 1.60. The van der Waals surface area contributed by atoms with Crippen molar-refractivity contribution in [3.8, 4) is 11.4 Å². The second-order valence-corrected chi connectivity index (χ2v) is 7.98. The Morgan fingerprint density at radius 2 is 2.07 bits per heavy atom. The molecule has 0 aliphatic rings.